The lowest BCUT2D eigenvalue weighted by Gasteiger charge is -2.23. The van der Waals surface area contributed by atoms with Gasteiger partial charge in [0.05, 0.1) is 12.2 Å². The second kappa shape index (κ2) is 10.3. The summed E-state index contributed by atoms with van der Waals surface area (Å²) in [7, 11) is 0. The Morgan fingerprint density at radius 2 is 1.76 bits per heavy atom. The van der Waals surface area contributed by atoms with E-state index in [4.69, 9.17) is 4.74 Å². The van der Waals surface area contributed by atoms with Crippen LogP contribution < -0.4 is 5.32 Å². The van der Waals surface area contributed by atoms with E-state index < -0.39 is 12.1 Å². The zero-order chi connectivity index (χ0) is 26.1. The fourth-order valence-electron chi connectivity index (χ4n) is 4.95. The molecule has 3 aliphatic heterocycles. The monoisotopic (exact) mass is 526 g/mol. The van der Waals surface area contributed by atoms with E-state index in [1.807, 2.05) is 66.7 Å². The highest BCUT2D eigenvalue weighted by Crippen LogP contribution is 2.44. The number of fused-ring (bicyclic) bond motifs is 2. The van der Waals surface area contributed by atoms with Gasteiger partial charge in [-0.2, -0.15) is 0 Å². The van der Waals surface area contributed by atoms with Gasteiger partial charge in [-0.25, -0.2) is 9.79 Å². The van der Waals surface area contributed by atoms with Gasteiger partial charge >= 0.3 is 6.09 Å². The molecule has 3 heterocycles. The minimum atomic E-state index is -0.583. The highest BCUT2D eigenvalue weighted by Gasteiger charge is 2.41. The van der Waals surface area contributed by atoms with Crippen LogP contribution in [0.2, 0.25) is 0 Å². The predicted octanol–water partition coefficient (Wildman–Crippen LogP) is 5.24. The number of amidine groups is 1. The van der Waals surface area contributed by atoms with E-state index in [9.17, 15) is 14.4 Å². The molecule has 2 fully saturated rings. The van der Waals surface area contributed by atoms with Crippen molar-refractivity contribution in [3.8, 4) is 0 Å². The Bertz CT molecular complexity index is 1410. The summed E-state index contributed by atoms with van der Waals surface area (Å²) >= 11 is 1.45. The molecule has 1 N–H and O–H groups in total. The van der Waals surface area contributed by atoms with Crippen molar-refractivity contribution >= 4 is 46.2 Å². The molecule has 6 rings (SSSR count). The molecule has 3 aromatic rings. The van der Waals surface area contributed by atoms with E-state index in [0.29, 0.717) is 25.2 Å². The zero-order valence-corrected chi connectivity index (χ0v) is 21.4. The molecule has 0 aliphatic carbocycles. The second-order valence-electron chi connectivity index (χ2n) is 9.45. The van der Waals surface area contributed by atoms with Crippen LogP contribution in [0.3, 0.4) is 0 Å². The van der Waals surface area contributed by atoms with E-state index in [-0.39, 0.29) is 23.7 Å². The Morgan fingerprint density at radius 1 is 1.00 bits per heavy atom. The predicted molar refractivity (Wildman–Crippen MR) is 146 cm³/mol. The van der Waals surface area contributed by atoms with Crippen LogP contribution in [-0.4, -0.2) is 45.5 Å². The van der Waals surface area contributed by atoms with Gasteiger partial charge in [-0.05, 0) is 47.7 Å². The van der Waals surface area contributed by atoms with Gasteiger partial charge in [0.25, 0.3) is 0 Å². The molecule has 9 heteroatoms. The highest BCUT2D eigenvalue weighted by molar-refractivity contribution is 8.15. The standard InChI is InChI=1S/C29H26N4O4S/c34-26(24-11-6-16-32(24)29(36)37-18-19-7-2-1-3-8-19)30-22-14-12-20(13-15-22)25-27(35)33-17-21-9-4-5-10-23(21)31-28(33)38-25/h1-5,7-10,12-15,24-25H,6,11,16-18H2,(H,30,34)/t24-,25?/m0/s1. The van der Waals surface area contributed by atoms with Gasteiger partial charge in [0, 0.05) is 12.2 Å². The van der Waals surface area contributed by atoms with E-state index in [2.05, 4.69) is 10.3 Å². The number of aliphatic imine (C=N–C) groups is 1. The van der Waals surface area contributed by atoms with Crippen molar-refractivity contribution in [1.29, 1.82) is 0 Å². The molecule has 8 nitrogen and oxygen atoms in total. The van der Waals surface area contributed by atoms with Crippen LogP contribution in [0.15, 0.2) is 83.9 Å². The molecule has 2 atom stereocenters. The molecule has 0 bridgehead atoms. The fourth-order valence-corrected chi connectivity index (χ4v) is 6.12. The van der Waals surface area contributed by atoms with Gasteiger partial charge in [0.2, 0.25) is 11.8 Å². The number of nitrogens with zero attached hydrogens (tertiary/aromatic N) is 3. The Kier molecular flexibility index (Phi) is 6.59. The van der Waals surface area contributed by atoms with E-state index in [1.165, 1.54) is 16.7 Å². The van der Waals surface area contributed by atoms with Gasteiger partial charge < -0.3 is 10.1 Å². The molecule has 38 heavy (non-hydrogen) atoms. The third-order valence-corrected chi connectivity index (χ3v) is 8.19. The molecule has 2 saturated heterocycles. The number of thioether (sulfide) groups is 1. The lowest BCUT2D eigenvalue weighted by molar-refractivity contribution is -0.126. The second-order valence-corrected chi connectivity index (χ2v) is 10.5. The van der Waals surface area contributed by atoms with Crippen molar-refractivity contribution in [2.24, 2.45) is 4.99 Å². The zero-order valence-electron chi connectivity index (χ0n) is 20.6. The van der Waals surface area contributed by atoms with Gasteiger partial charge in [0.1, 0.15) is 17.9 Å². The van der Waals surface area contributed by atoms with Crippen LogP contribution in [0.5, 0.6) is 0 Å². The van der Waals surface area contributed by atoms with Gasteiger partial charge in [-0.15, -0.1) is 0 Å². The summed E-state index contributed by atoms with van der Waals surface area (Å²) in [6.07, 6.45) is 0.834. The van der Waals surface area contributed by atoms with Crippen molar-refractivity contribution in [2.45, 2.75) is 37.3 Å². The quantitative estimate of drug-likeness (QED) is 0.491. The molecule has 1 unspecified atom stereocenters. The van der Waals surface area contributed by atoms with Crippen molar-refractivity contribution in [1.82, 2.24) is 9.80 Å². The van der Waals surface area contributed by atoms with Gasteiger partial charge in [0.15, 0.2) is 5.17 Å². The lowest BCUT2D eigenvalue weighted by atomic mass is 10.1. The number of hydrogen-bond donors (Lipinski definition) is 1. The summed E-state index contributed by atoms with van der Waals surface area (Å²) in [5.41, 5.74) is 4.30. The molecule has 3 aromatic carbocycles. The maximum atomic E-state index is 13.1. The first kappa shape index (κ1) is 24.2. The molecular weight excluding hydrogens is 500 g/mol. The largest absolute Gasteiger partial charge is 0.445 e. The molecule has 0 saturated carbocycles. The number of carbonyl (C=O) groups excluding carboxylic acids is 3. The van der Waals surface area contributed by atoms with E-state index in [1.54, 1.807) is 17.0 Å². The normalized spacial score (nSPS) is 20.0. The number of likely N-dealkylation sites (tertiary alicyclic amines) is 1. The maximum Gasteiger partial charge on any atom is 0.410 e. The minimum absolute atomic E-state index is 0.00986. The highest BCUT2D eigenvalue weighted by atomic mass is 32.2. The smallest absolute Gasteiger partial charge is 0.410 e. The number of ether oxygens (including phenoxy) is 1. The maximum absolute atomic E-state index is 13.1. The molecule has 0 aromatic heterocycles. The van der Waals surface area contributed by atoms with Crippen LogP contribution in [0.25, 0.3) is 0 Å². The van der Waals surface area contributed by atoms with Crippen molar-refractivity contribution in [3.05, 3.63) is 95.6 Å². The number of hydrogen-bond acceptors (Lipinski definition) is 6. The van der Waals surface area contributed by atoms with Crippen LogP contribution in [0.4, 0.5) is 16.2 Å². The SMILES string of the molecule is O=C(Nc1ccc(C2SC3=Nc4ccccc4CN3C2=O)cc1)[C@@H]1CCCN1C(=O)OCc1ccccc1. The Morgan fingerprint density at radius 3 is 2.58 bits per heavy atom. The van der Waals surface area contributed by atoms with Crippen LogP contribution in [0, 0.1) is 0 Å². The first-order valence-electron chi connectivity index (χ1n) is 12.6. The Hall–Kier alpha value is -4.11. The summed E-state index contributed by atoms with van der Waals surface area (Å²) < 4.78 is 5.45. The molecule has 0 spiro atoms. The van der Waals surface area contributed by atoms with E-state index >= 15 is 0 Å². The Balaban J connectivity index is 1.08. The number of benzene rings is 3. The topological polar surface area (TPSA) is 91.3 Å². The number of nitrogens with one attached hydrogen (secondary N) is 1. The Labute approximate surface area is 224 Å². The van der Waals surface area contributed by atoms with Crippen molar-refractivity contribution < 1.29 is 19.1 Å². The summed E-state index contributed by atoms with van der Waals surface area (Å²) in [5, 5.41) is 3.26. The average molecular weight is 527 g/mol. The van der Waals surface area contributed by atoms with E-state index in [0.717, 1.165) is 34.0 Å². The summed E-state index contributed by atoms with van der Waals surface area (Å²) in [6, 6.07) is 24.0. The lowest BCUT2D eigenvalue weighted by Crippen LogP contribution is -2.43. The van der Waals surface area contributed by atoms with Crippen molar-refractivity contribution in [3.63, 3.8) is 0 Å². The summed E-state index contributed by atoms with van der Waals surface area (Å²) in [6.45, 7) is 1.17. The molecule has 0 radical (unpaired) electrons. The van der Waals surface area contributed by atoms with Crippen LogP contribution >= 0.6 is 11.8 Å². The van der Waals surface area contributed by atoms with Gasteiger partial charge in [-0.3, -0.25) is 19.4 Å². The molecule has 3 aliphatic rings. The number of para-hydroxylation sites is 1. The summed E-state index contributed by atoms with van der Waals surface area (Å²) in [5.74, 6) is -0.238. The first-order valence-corrected chi connectivity index (χ1v) is 13.5. The number of amides is 3. The fraction of sp³-hybridized carbons (Fsp3) is 0.241. The number of rotatable bonds is 5. The molecule has 192 valence electrons. The molecular formula is C29H26N4O4S. The third kappa shape index (κ3) is 4.77. The van der Waals surface area contributed by atoms with Crippen LogP contribution in [-0.2, 0) is 27.5 Å². The number of carbonyl (C=O) groups is 3. The number of anilines is 1. The minimum Gasteiger partial charge on any atom is -0.445 e. The van der Waals surface area contributed by atoms with Gasteiger partial charge in [-0.1, -0.05) is 72.4 Å². The van der Waals surface area contributed by atoms with Crippen LogP contribution in [0.1, 0.15) is 34.8 Å². The van der Waals surface area contributed by atoms with Crippen molar-refractivity contribution in [2.75, 3.05) is 11.9 Å². The molecule has 3 amide bonds. The first-order chi connectivity index (χ1) is 18.6. The average Bonchev–Trinajstić information content (AvgIpc) is 3.57. The summed E-state index contributed by atoms with van der Waals surface area (Å²) in [4.78, 5) is 46.7. The third-order valence-electron chi connectivity index (χ3n) is 6.96.